The molecule has 8 nitrogen and oxygen atoms in total. The summed E-state index contributed by atoms with van der Waals surface area (Å²) in [6.07, 6.45) is 4.71. The van der Waals surface area contributed by atoms with Gasteiger partial charge in [-0.25, -0.2) is 4.39 Å². The van der Waals surface area contributed by atoms with Gasteiger partial charge in [0.15, 0.2) is 17.2 Å². The third-order valence-corrected chi connectivity index (χ3v) is 5.29. The Morgan fingerprint density at radius 3 is 2.97 bits per heavy atom. The zero-order valence-corrected chi connectivity index (χ0v) is 15.7. The number of aromatic nitrogens is 3. The third kappa shape index (κ3) is 2.69. The fourth-order valence-corrected chi connectivity index (χ4v) is 3.95. The number of rotatable bonds is 2. The molecule has 1 atom stereocenters. The number of nitrogens with two attached hydrogens (primary N) is 1. The number of pyridine rings is 1. The minimum atomic E-state index is -0.264. The Morgan fingerprint density at radius 1 is 1.34 bits per heavy atom. The monoisotopic (exact) mass is 394 g/mol. The van der Waals surface area contributed by atoms with Crippen LogP contribution in [-0.4, -0.2) is 40.6 Å². The number of ether oxygens (including phenoxy) is 2. The number of aliphatic imine (C=N–C) groups is 1. The van der Waals surface area contributed by atoms with Crippen LogP contribution in [0, 0.1) is 5.82 Å². The van der Waals surface area contributed by atoms with E-state index in [4.69, 9.17) is 15.2 Å². The van der Waals surface area contributed by atoms with E-state index >= 15 is 0 Å². The molecule has 0 unspecified atom stereocenters. The molecule has 3 aromatic rings. The first-order chi connectivity index (χ1) is 14.2. The predicted octanol–water partition coefficient (Wildman–Crippen LogP) is 2.24. The van der Waals surface area contributed by atoms with Crippen molar-refractivity contribution in [2.45, 2.75) is 12.5 Å². The number of halogens is 1. The molecular weight excluding hydrogens is 375 g/mol. The molecule has 0 bridgehead atoms. The van der Waals surface area contributed by atoms with Crippen LogP contribution in [0.4, 0.5) is 10.2 Å². The van der Waals surface area contributed by atoms with Crippen molar-refractivity contribution in [3.63, 3.8) is 0 Å². The zero-order chi connectivity index (χ0) is 20.0. The van der Waals surface area contributed by atoms with Gasteiger partial charge in [-0.15, -0.1) is 10.2 Å². The van der Waals surface area contributed by atoms with E-state index in [1.54, 1.807) is 29.9 Å². The van der Waals surface area contributed by atoms with E-state index in [0.29, 0.717) is 47.5 Å². The van der Waals surface area contributed by atoms with E-state index in [1.807, 2.05) is 6.07 Å². The van der Waals surface area contributed by atoms with Crippen molar-refractivity contribution >= 4 is 17.2 Å². The van der Waals surface area contributed by atoms with Crippen LogP contribution in [0.25, 0.3) is 5.65 Å². The maximum Gasteiger partial charge on any atom is 0.171 e. The van der Waals surface area contributed by atoms with Gasteiger partial charge in [-0.05, 0) is 30.5 Å². The van der Waals surface area contributed by atoms with Gasteiger partial charge in [0, 0.05) is 30.3 Å². The summed E-state index contributed by atoms with van der Waals surface area (Å²) >= 11 is 0. The molecule has 2 aromatic heterocycles. The average molecular weight is 394 g/mol. The number of benzene rings is 1. The lowest BCUT2D eigenvalue weighted by atomic mass is 9.96. The molecule has 148 valence electrons. The Kier molecular flexibility index (Phi) is 4.08. The number of anilines is 1. The maximum atomic E-state index is 14.6. The second-order valence-corrected chi connectivity index (χ2v) is 6.87. The highest BCUT2D eigenvalue weighted by Crippen LogP contribution is 2.40. The Morgan fingerprint density at radius 2 is 2.17 bits per heavy atom. The largest absolute Gasteiger partial charge is 0.493 e. The van der Waals surface area contributed by atoms with Crippen LogP contribution in [-0.2, 0) is 6.54 Å². The van der Waals surface area contributed by atoms with Crippen molar-refractivity contribution in [3.05, 3.63) is 59.3 Å². The summed E-state index contributed by atoms with van der Waals surface area (Å²) in [6.45, 7) is 1.10. The first-order valence-electron chi connectivity index (χ1n) is 9.24. The van der Waals surface area contributed by atoms with Crippen molar-refractivity contribution in [2.24, 2.45) is 10.7 Å². The predicted molar refractivity (Wildman–Crippen MR) is 106 cm³/mol. The van der Waals surface area contributed by atoms with Crippen LogP contribution in [0.2, 0.25) is 0 Å². The molecular formula is C20H19FN6O2. The molecule has 4 heterocycles. The smallest absolute Gasteiger partial charge is 0.171 e. The molecule has 9 heteroatoms. The third-order valence-electron chi connectivity index (χ3n) is 5.29. The molecule has 0 aliphatic carbocycles. The van der Waals surface area contributed by atoms with Crippen molar-refractivity contribution in [2.75, 3.05) is 25.6 Å². The van der Waals surface area contributed by atoms with Crippen LogP contribution in [0.15, 0.2) is 41.8 Å². The van der Waals surface area contributed by atoms with Gasteiger partial charge in [-0.3, -0.25) is 9.39 Å². The Labute approximate surface area is 165 Å². The van der Waals surface area contributed by atoms with Gasteiger partial charge in [-0.1, -0.05) is 0 Å². The molecule has 29 heavy (non-hydrogen) atoms. The summed E-state index contributed by atoms with van der Waals surface area (Å²) in [6, 6.07) is 4.98. The normalized spacial score (nSPS) is 18.3. The highest BCUT2D eigenvalue weighted by atomic mass is 19.1. The molecule has 1 aromatic carbocycles. The number of nitrogens with zero attached hydrogens (tertiary/aromatic N) is 4. The van der Waals surface area contributed by atoms with Crippen LogP contribution < -0.4 is 20.5 Å². The zero-order valence-electron chi connectivity index (χ0n) is 15.7. The first kappa shape index (κ1) is 17.5. The lowest BCUT2D eigenvalue weighted by Crippen LogP contribution is -2.13. The van der Waals surface area contributed by atoms with Gasteiger partial charge < -0.3 is 20.5 Å². The molecule has 0 radical (unpaired) electrons. The van der Waals surface area contributed by atoms with Crippen molar-refractivity contribution < 1.29 is 13.9 Å². The van der Waals surface area contributed by atoms with Gasteiger partial charge in [0.25, 0.3) is 0 Å². The highest BCUT2D eigenvalue weighted by molar-refractivity contribution is 6.12. The van der Waals surface area contributed by atoms with Gasteiger partial charge in [0.1, 0.15) is 17.9 Å². The lowest BCUT2D eigenvalue weighted by Gasteiger charge is -2.16. The molecule has 0 saturated carbocycles. The first-order valence-corrected chi connectivity index (χ1v) is 9.24. The maximum absolute atomic E-state index is 14.6. The number of hydrogen-bond acceptors (Lipinski definition) is 7. The topological polar surface area (TPSA) is 99.1 Å². The highest BCUT2D eigenvalue weighted by Gasteiger charge is 2.31. The summed E-state index contributed by atoms with van der Waals surface area (Å²) in [7, 11) is 1.68. The number of nitrogens with one attached hydrogen (secondary N) is 1. The molecule has 5 rings (SSSR count). The number of fused-ring (bicyclic) bond motifs is 3. The lowest BCUT2D eigenvalue weighted by molar-refractivity contribution is 0.249. The van der Waals surface area contributed by atoms with Crippen LogP contribution in [0.5, 0.6) is 11.5 Å². The summed E-state index contributed by atoms with van der Waals surface area (Å²) in [5.41, 5.74) is 9.01. The Bertz CT molecular complexity index is 1170. The number of hydrogen-bond donors (Lipinski definition) is 2. The minimum Gasteiger partial charge on any atom is -0.493 e. The summed E-state index contributed by atoms with van der Waals surface area (Å²) in [5.74, 6) is 1.65. The van der Waals surface area contributed by atoms with Crippen molar-refractivity contribution in [1.29, 1.82) is 0 Å². The molecule has 2 aliphatic heterocycles. The molecule has 3 N–H and O–H groups in total. The quantitative estimate of drug-likeness (QED) is 0.647. The van der Waals surface area contributed by atoms with Gasteiger partial charge in [0.05, 0.1) is 24.8 Å². The molecule has 0 amide bonds. The summed E-state index contributed by atoms with van der Waals surface area (Å²) in [4.78, 5) is 4.29. The average Bonchev–Trinajstić information content (AvgIpc) is 3.37. The minimum absolute atomic E-state index is 0.0493. The van der Waals surface area contributed by atoms with Crippen molar-refractivity contribution in [3.8, 4) is 11.5 Å². The van der Waals surface area contributed by atoms with Crippen LogP contribution in [0.3, 0.4) is 0 Å². The standard InChI is InChI=1S/C20H19FN6O2/c1-23-15(4-5-22)12-6-17-20(27-10-25-26-19(12)27)24-7-13-14(21)2-3-16-18(13)11(8-28-16)9-29-17/h2-6,10-11,24H,7-9,22H2,1H3/t11-/m1/s1. The van der Waals surface area contributed by atoms with Gasteiger partial charge in [-0.2, -0.15) is 0 Å². The molecule has 0 saturated heterocycles. The SMILES string of the molecule is CN=C(C=CN)c1cc2c(n3cnnc13)NCc1c(F)ccc3c1[C@H](CO3)CO2. The van der Waals surface area contributed by atoms with Crippen LogP contribution >= 0.6 is 0 Å². The second kappa shape index (κ2) is 6.77. The van der Waals surface area contributed by atoms with E-state index in [1.165, 1.54) is 12.3 Å². The van der Waals surface area contributed by atoms with Crippen LogP contribution in [0.1, 0.15) is 22.6 Å². The summed E-state index contributed by atoms with van der Waals surface area (Å²) < 4.78 is 28.3. The fraction of sp³-hybridized carbons (Fsp3) is 0.250. The van der Waals surface area contributed by atoms with Crippen molar-refractivity contribution in [1.82, 2.24) is 14.6 Å². The van der Waals surface area contributed by atoms with E-state index in [-0.39, 0.29) is 18.3 Å². The van der Waals surface area contributed by atoms with E-state index in [2.05, 4.69) is 20.5 Å². The molecule has 0 fully saturated rings. The van der Waals surface area contributed by atoms with Gasteiger partial charge >= 0.3 is 0 Å². The Hall–Kier alpha value is -3.62. The Balaban J connectivity index is 1.67. The van der Waals surface area contributed by atoms with Gasteiger partial charge in [0.2, 0.25) is 0 Å². The number of allylic oxidation sites excluding steroid dienone is 1. The van der Waals surface area contributed by atoms with E-state index in [9.17, 15) is 4.39 Å². The molecule has 2 aliphatic rings. The summed E-state index contributed by atoms with van der Waals surface area (Å²) in [5, 5.41) is 11.6. The van der Waals surface area contributed by atoms with E-state index in [0.717, 1.165) is 11.1 Å². The fourth-order valence-electron chi connectivity index (χ4n) is 3.95. The second-order valence-electron chi connectivity index (χ2n) is 6.87. The molecule has 0 spiro atoms. The van der Waals surface area contributed by atoms with E-state index < -0.39 is 0 Å².